The fraction of sp³-hybridized carbons (Fsp3) is 0.263. The number of amides is 1. The van der Waals surface area contributed by atoms with Crippen molar-refractivity contribution in [1.82, 2.24) is 0 Å². The van der Waals surface area contributed by atoms with E-state index in [4.69, 9.17) is 4.74 Å². The third kappa shape index (κ3) is 2.66. The minimum absolute atomic E-state index is 0.0342. The van der Waals surface area contributed by atoms with Gasteiger partial charge in [-0.05, 0) is 29.8 Å². The van der Waals surface area contributed by atoms with E-state index in [1.54, 1.807) is 29.2 Å². The highest BCUT2D eigenvalue weighted by molar-refractivity contribution is 9.10. The predicted octanol–water partition coefficient (Wildman–Crippen LogP) is 3.18. The quantitative estimate of drug-likeness (QED) is 0.660. The molecule has 0 saturated carbocycles. The molecule has 0 N–H and O–H groups in total. The second-order valence-electron chi connectivity index (χ2n) is 6.67. The Morgan fingerprint density at radius 3 is 2.63 bits per heavy atom. The zero-order valence-corrected chi connectivity index (χ0v) is 17.1. The lowest BCUT2D eigenvalue weighted by Gasteiger charge is -2.56. The average molecular weight is 449 g/mol. The van der Waals surface area contributed by atoms with Gasteiger partial charge in [0.1, 0.15) is 10.6 Å². The maximum absolute atomic E-state index is 13.0. The topological polar surface area (TPSA) is 76.0 Å². The number of anilines is 1. The number of methoxy groups -OCH3 is 1. The van der Waals surface area contributed by atoms with Crippen LogP contribution in [0.3, 0.4) is 0 Å². The predicted molar refractivity (Wildman–Crippen MR) is 107 cm³/mol. The number of hydrogen-bond donors (Lipinski definition) is 0. The molecule has 4 rings (SSSR count). The highest BCUT2D eigenvalue weighted by Gasteiger charge is 2.64. The van der Waals surface area contributed by atoms with E-state index in [0.717, 1.165) is 16.3 Å². The van der Waals surface area contributed by atoms with Crippen molar-refractivity contribution in [2.75, 3.05) is 18.3 Å². The molecule has 0 radical (unpaired) electrons. The number of rotatable bonds is 2. The van der Waals surface area contributed by atoms with Gasteiger partial charge in [0.05, 0.1) is 11.4 Å². The number of para-hydroxylation sites is 2. The third-order valence-corrected chi connectivity index (χ3v) is 6.64. The monoisotopic (exact) mass is 448 g/mol. The second kappa shape index (κ2) is 6.25. The number of hydrogen-bond acceptors (Lipinski definition) is 5. The number of aliphatic imine (C=N–C) groups is 1. The summed E-state index contributed by atoms with van der Waals surface area (Å²) in [5.41, 5.74) is 0.841. The number of fused-ring (bicyclic) bond motifs is 3. The van der Waals surface area contributed by atoms with Crippen LogP contribution in [0.2, 0.25) is 0 Å². The maximum Gasteiger partial charge on any atom is 0.259 e. The van der Waals surface area contributed by atoms with Gasteiger partial charge in [-0.1, -0.05) is 40.2 Å². The average Bonchev–Trinajstić information content (AvgIpc) is 2.74. The second-order valence-corrected chi connectivity index (χ2v) is 9.60. The van der Waals surface area contributed by atoms with E-state index in [1.165, 1.54) is 7.11 Å². The summed E-state index contributed by atoms with van der Waals surface area (Å²) < 4.78 is 31.3. The van der Waals surface area contributed by atoms with Crippen LogP contribution in [0.5, 0.6) is 0 Å². The van der Waals surface area contributed by atoms with E-state index >= 15 is 0 Å². The number of ether oxygens (including phenoxy) is 1. The van der Waals surface area contributed by atoms with E-state index in [2.05, 4.69) is 20.9 Å². The van der Waals surface area contributed by atoms with Crippen molar-refractivity contribution in [3.8, 4) is 0 Å². The SMILES string of the molecule is COC1C(=O)N2c3ccccc3N=C(S(C)(=O)=O)CC12c1cccc(Br)c1. The molecule has 0 aromatic heterocycles. The first-order valence-corrected chi connectivity index (χ1v) is 11.0. The Labute approximate surface area is 165 Å². The molecule has 140 valence electrons. The molecule has 1 saturated heterocycles. The Morgan fingerprint density at radius 2 is 1.96 bits per heavy atom. The number of nitrogens with zero attached hydrogens (tertiary/aromatic N) is 2. The number of benzene rings is 2. The van der Waals surface area contributed by atoms with Crippen LogP contribution in [0.15, 0.2) is 58.0 Å². The standard InChI is InChI=1S/C19H17BrN2O4S/c1-26-17-18(23)22-15-9-4-3-8-14(15)21-16(27(2,24)25)11-19(17,22)12-6-5-7-13(20)10-12/h3-10,17H,11H2,1-2H3. The van der Waals surface area contributed by atoms with Gasteiger partial charge in [0.25, 0.3) is 5.91 Å². The first-order valence-electron chi connectivity index (χ1n) is 8.28. The normalized spacial score (nSPS) is 24.4. The van der Waals surface area contributed by atoms with Crippen LogP contribution >= 0.6 is 15.9 Å². The summed E-state index contributed by atoms with van der Waals surface area (Å²) in [5, 5.41) is 0.0342. The Hall–Kier alpha value is -2.03. The Balaban J connectivity index is 2.04. The van der Waals surface area contributed by atoms with Gasteiger partial charge < -0.3 is 4.74 Å². The van der Waals surface area contributed by atoms with E-state index in [9.17, 15) is 13.2 Å². The summed E-state index contributed by atoms with van der Waals surface area (Å²) in [7, 11) is -2.11. The fourth-order valence-corrected chi connectivity index (χ4v) is 5.02. The zero-order chi connectivity index (χ0) is 19.4. The lowest BCUT2D eigenvalue weighted by molar-refractivity contribution is -0.147. The van der Waals surface area contributed by atoms with Crippen molar-refractivity contribution >= 4 is 48.1 Å². The van der Waals surface area contributed by atoms with Gasteiger partial charge in [0.15, 0.2) is 15.9 Å². The van der Waals surface area contributed by atoms with Crippen LogP contribution in [0, 0.1) is 0 Å². The molecule has 2 aliphatic heterocycles. The summed E-state index contributed by atoms with van der Waals surface area (Å²) in [6.07, 6.45) is 0.382. The zero-order valence-electron chi connectivity index (χ0n) is 14.7. The number of halogens is 1. The first-order chi connectivity index (χ1) is 12.8. The molecule has 2 aromatic carbocycles. The Bertz CT molecular complexity index is 1080. The van der Waals surface area contributed by atoms with Crippen LogP contribution in [0.25, 0.3) is 0 Å². The van der Waals surface area contributed by atoms with Gasteiger partial charge in [-0.25, -0.2) is 13.4 Å². The lowest BCUT2D eigenvalue weighted by atomic mass is 9.72. The van der Waals surface area contributed by atoms with Crippen molar-refractivity contribution in [1.29, 1.82) is 0 Å². The maximum atomic E-state index is 13.0. The summed E-state index contributed by atoms with van der Waals surface area (Å²) in [6, 6.07) is 14.6. The minimum atomic E-state index is -3.57. The molecule has 1 amide bonds. The number of β-lactam (4-membered cyclic amide) rings is 1. The lowest BCUT2D eigenvalue weighted by Crippen LogP contribution is -2.73. The van der Waals surface area contributed by atoms with E-state index in [0.29, 0.717) is 11.4 Å². The molecular weight excluding hydrogens is 432 g/mol. The highest BCUT2D eigenvalue weighted by atomic mass is 79.9. The molecule has 2 heterocycles. The van der Waals surface area contributed by atoms with Gasteiger partial charge in [-0.15, -0.1) is 0 Å². The van der Waals surface area contributed by atoms with Crippen molar-refractivity contribution < 1.29 is 17.9 Å². The van der Waals surface area contributed by atoms with Gasteiger partial charge in [-0.2, -0.15) is 0 Å². The molecule has 8 heteroatoms. The number of carbonyl (C=O) groups is 1. The van der Waals surface area contributed by atoms with Crippen molar-refractivity contribution in [2.45, 2.75) is 18.1 Å². The Kier molecular flexibility index (Phi) is 4.25. The summed E-state index contributed by atoms with van der Waals surface area (Å²) in [4.78, 5) is 19.0. The van der Waals surface area contributed by atoms with Crippen LogP contribution in [0.4, 0.5) is 11.4 Å². The van der Waals surface area contributed by atoms with Crippen molar-refractivity contribution in [2.24, 2.45) is 4.99 Å². The molecule has 2 aromatic rings. The number of sulfone groups is 1. The van der Waals surface area contributed by atoms with E-state index in [1.807, 2.05) is 24.3 Å². The molecule has 0 aliphatic carbocycles. The molecule has 2 aliphatic rings. The minimum Gasteiger partial charge on any atom is -0.369 e. The molecule has 1 fully saturated rings. The highest BCUT2D eigenvalue weighted by Crippen LogP contribution is 2.53. The molecule has 6 nitrogen and oxygen atoms in total. The van der Waals surface area contributed by atoms with Crippen LogP contribution in [0.1, 0.15) is 12.0 Å². The molecule has 2 unspecified atom stereocenters. The Morgan fingerprint density at radius 1 is 1.22 bits per heavy atom. The first kappa shape index (κ1) is 18.3. The van der Waals surface area contributed by atoms with Gasteiger partial charge in [0, 0.05) is 24.3 Å². The van der Waals surface area contributed by atoms with Gasteiger partial charge in [-0.3, -0.25) is 9.69 Å². The van der Waals surface area contributed by atoms with Crippen LogP contribution in [-0.2, 0) is 24.9 Å². The van der Waals surface area contributed by atoms with Crippen LogP contribution in [-0.4, -0.2) is 38.8 Å². The third-order valence-electron chi connectivity index (χ3n) is 5.05. The summed E-state index contributed by atoms with van der Waals surface area (Å²) in [5.74, 6) is -0.213. The molecule has 0 spiro atoms. The molecule has 0 bridgehead atoms. The summed E-state index contributed by atoms with van der Waals surface area (Å²) in [6.45, 7) is 0. The molecule has 2 atom stereocenters. The fourth-order valence-electron chi connectivity index (χ4n) is 3.88. The smallest absolute Gasteiger partial charge is 0.259 e. The molecular formula is C19H17BrN2O4S. The van der Waals surface area contributed by atoms with Gasteiger partial charge >= 0.3 is 0 Å². The van der Waals surface area contributed by atoms with Gasteiger partial charge in [0.2, 0.25) is 0 Å². The van der Waals surface area contributed by atoms with E-state index < -0.39 is 21.5 Å². The van der Waals surface area contributed by atoms with E-state index in [-0.39, 0.29) is 17.4 Å². The van der Waals surface area contributed by atoms with Crippen molar-refractivity contribution in [3.63, 3.8) is 0 Å². The summed E-state index contributed by atoms with van der Waals surface area (Å²) >= 11 is 3.47. The molecule has 27 heavy (non-hydrogen) atoms. The largest absolute Gasteiger partial charge is 0.369 e. The van der Waals surface area contributed by atoms with Crippen LogP contribution < -0.4 is 4.90 Å². The number of carbonyl (C=O) groups excluding carboxylic acids is 1. The van der Waals surface area contributed by atoms with Crippen molar-refractivity contribution in [3.05, 3.63) is 58.6 Å².